The Bertz CT molecular complexity index is 530. The largest absolute Gasteiger partial charge is 0.394 e. The standard InChI is InChI=1S/C10H10N4O/c1-6-2-3-9(14-13-6)7-4-8(11)10(15)12-5-7/h2-5H,11H2,1H3,(H,12,15). The van der Waals surface area contributed by atoms with Crippen LogP contribution >= 0.6 is 0 Å². The van der Waals surface area contributed by atoms with Crippen molar-refractivity contribution in [3.8, 4) is 11.3 Å². The number of H-pyrrole nitrogens is 1. The lowest BCUT2D eigenvalue weighted by atomic mass is 10.2. The highest BCUT2D eigenvalue weighted by Crippen LogP contribution is 2.15. The number of aryl methyl sites for hydroxylation is 1. The number of nitrogens with two attached hydrogens (primary N) is 1. The first-order valence-electron chi connectivity index (χ1n) is 4.46. The molecule has 15 heavy (non-hydrogen) atoms. The molecule has 2 aromatic rings. The molecule has 0 atom stereocenters. The normalized spacial score (nSPS) is 10.2. The molecular weight excluding hydrogens is 192 g/mol. The molecule has 0 bridgehead atoms. The Labute approximate surface area is 86.0 Å². The van der Waals surface area contributed by atoms with Crippen LogP contribution < -0.4 is 11.3 Å². The number of anilines is 1. The average molecular weight is 202 g/mol. The first-order valence-corrected chi connectivity index (χ1v) is 4.46. The van der Waals surface area contributed by atoms with Gasteiger partial charge < -0.3 is 10.7 Å². The minimum atomic E-state index is -0.293. The molecule has 0 fully saturated rings. The van der Waals surface area contributed by atoms with Gasteiger partial charge in [-0.3, -0.25) is 4.79 Å². The zero-order chi connectivity index (χ0) is 10.8. The Kier molecular flexibility index (Phi) is 2.21. The lowest BCUT2D eigenvalue weighted by Crippen LogP contribution is -2.10. The van der Waals surface area contributed by atoms with Crippen molar-refractivity contribution in [2.24, 2.45) is 0 Å². The summed E-state index contributed by atoms with van der Waals surface area (Å²) in [6, 6.07) is 5.26. The fourth-order valence-electron chi connectivity index (χ4n) is 1.20. The van der Waals surface area contributed by atoms with Crippen molar-refractivity contribution in [2.75, 3.05) is 5.73 Å². The summed E-state index contributed by atoms with van der Waals surface area (Å²) in [5.41, 5.74) is 7.66. The molecule has 0 aliphatic heterocycles. The fourth-order valence-corrected chi connectivity index (χ4v) is 1.20. The van der Waals surface area contributed by atoms with E-state index in [9.17, 15) is 4.79 Å². The van der Waals surface area contributed by atoms with Crippen LogP contribution in [0.25, 0.3) is 11.3 Å². The maximum Gasteiger partial charge on any atom is 0.271 e. The van der Waals surface area contributed by atoms with Crippen molar-refractivity contribution in [1.29, 1.82) is 0 Å². The second-order valence-electron chi connectivity index (χ2n) is 3.23. The van der Waals surface area contributed by atoms with Crippen LogP contribution in [-0.4, -0.2) is 15.2 Å². The first-order chi connectivity index (χ1) is 7.16. The zero-order valence-electron chi connectivity index (χ0n) is 8.19. The molecule has 0 saturated heterocycles. The molecular formula is C10H10N4O. The van der Waals surface area contributed by atoms with Crippen molar-refractivity contribution in [3.63, 3.8) is 0 Å². The van der Waals surface area contributed by atoms with Gasteiger partial charge in [0.1, 0.15) is 0 Å². The number of aromatic nitrogens is 3. The van der Waals surface area contributed by atoms with Crippen molar-refractivity contribution < 1.29 is 0 Å². The van der Waals surface area contributed by atoms with E-state index in [1.165, 1.54) is 0 Å². The van der Waals surface area contributed by atoms with Crippen molar-refractivity contribution in [2.45, 2.75) is 6.92 Å². The first kappa shape index (κ1) is 9.39. The van der Waals surface area contributed by atoms with Gasteiger partial charge in [0.15, 0.2) is 0 Å². The molecule has 2 rings (SSSR count). The Balaban J connectivity index is 2.50. The van der Waals surface area contributed by atoms with Gasteiger partial charge >= 0.3 is 0 Å². The smallest absolute Gasteiger partial charge is 0.271 e. The van der Waals surface area contributed by atoms with E-state index in [0.29, 0.717) is 5.69 Å². The average Bonchev–Trinajstić information content (AvgIpc) is 2.23. The maximum atomic E-state index is 11.0. The van der Waals surface area contributed by atoms with E-state index in [-0.39, 0.29) is 11.2 Å². The van der Waals surface area contributed by atoms with Crippen LogP contribution in [0.5, 0.6) is 0 Å². The van der Waals surface area contributed by atoms with Gasteiger partial charge in [-0.25, -0.2) is 0 Å². The molecule has 0 spiro atoms. The SMILES string of the molecule is Cc1ccc(-c2c[nH]c(=O)c(N)c2)nn1. The van der Waals surface area contributed by atoms with E-state index in [4.69, 9.17) is 5.73 Å². The quantitative estimate of drug-likeness (QED) is 0.713. The minimum absolute atomic E-state index is 0.176. The third-order valence-electron chi connectivity index (χ3n) is 2.03. The van der Waals surface area contributed by atoms with Gasteiger partial charge in [0.05, 0.1) is 17.1 Å². The van der Waals surface area contributed by atoms with Crippen LogP contribution in [0.4, 0.5) is 5.69 Å². The summed E-state index contributed by atoms with van der Waals surface area (Å²) in [5, 5.41) is 7.92. The van der Waals surface area contributed by atoms with Gasteiger partial charge in [-0.05, 0) is 25.1 Å². The van der Waals surface area contributed by atoms with E-state index in [0.717, 1.165) is 11.3 Å². The van der Waals surface area contributed by atoms with Crippen LogP contribution in [0.15, 0.2) is 29.2 Å². The minimum Gasteiger partial charge on any atom is -0.394 e. The van der Waals surface area contributed by atoms with E-state index in [1.54, 1.807) is 12.3 Å². The van der Waals surface area contributed by atoms with E-state index >= 15 is 0 Å². The van der Waals surface area contributed by atoms with Gasteiger partial charge in [0, 0.05) is 11.8 Å². The van der Waals surface area contributed by atoms with Crippen molar-refractivity contribution >= 4 is 5.69 Å². The van der Waals surface area contributed by atoms with Crippen molar-refractivity contribution in [1.82, 2.24) is 15.2 Å². The summed E-state index contributed by atoms with van der Waals surface area (Å²) >= 11 is 0. The summed E-state index contributed by atoms with van der Waals surface area (Å²) in [6.07, 6.45) is 1.57. The number of aromatic amines is 1. The number of nitrogens with one attached hydrogen (secondary N) is 1. The number of nitrogens with zero attached hydrogens (tertiary/aromatic N) is 2. The zero-order valence-corrected chi connectivity index (χ0v) is 8.19. The molecule has 0 unspecified atom stereocenters. The predicted octanol–water partition coefficient (Wildman–Crippen LogP) is 0.723. The van der Waals surface area contributed by atoms with Gasteiger partial charge in [-0.1, -0.05) is 0 Å². The fraction of sp³-hybridized carbons (Fsp3) is 0.100. The monoisotopic (exact) mass is 202 g/mol. The summed E-state index contributed by atoms with van der Waals surface area (Å²) in [6.45, 7) is 1.86. The molecule has 76 valence electrons. The molecule has 0 aliphatic rings. The number of hydrogen-bond donors (Lipinski definition) is 2. The molecule has 0 amide bonds. The van der Waals surface area contributed by atoms with Crippen LogP contribution in [0.2, 0.25) is 0 Å². The Morgan fingerprint density at radius 1 is 1.33 bits per heavy atom. The lowest BCUT2D eigenvalue weighted by Gasteiger charge is -2.00. The topological polar surface area (TPSA) is 84.7 Å². The molecule has 0 aromatic carbocycles. The second kappa shape index (κ2) is 3.53. The molecule has 2 aromatic heterocycles. The number of pyridine rings is 1. The van der Waals surface area contributed by atoms with E-state index in [1.807, 2.05) is 19.1 Å². The highest BCUT2D eigenvalue weighted by atomic mass is 16.1. The number of hydrogen-bond acceptors (Lipinski definition) is 4. The van der Waals surface area contributed by atoms with E-state index < -0.39 is 0 Å². The predicted molar refractivity (Wildman–Crippen MR) is 57.2 cm³/mol. The van der Waals surface area contributed by atoms with Crippen LogP contribution in [-0.2, 0) is 0 Å². The summed E-state index contributed by atoms with van der Waals surface area (Å²) < 4.78 is 0. The van der Waals surface area contributed by atoms with E-state index in [2.05, 4.69) is 15.2 Å². The highest BCUT2D eigenvalue weighted by molar-refractivity contribution is 5.61. The number of nitrogen functional groups attached to an aromatic ring is 1. The molecule has 0 radical (unpaired) electrons. The lowest BCUT2D eigenvalue weighted by molar-refractivity contribution is 0.985. The summed E-state index contributed by atoms with van der Waals surface area (Å²) in [4.78, 5) is 13.6. The maximum absolute atomic E-state index is 11.0. The third-order valence-corrected chi connectivity index (χ3v) is 2.03. The third kappa shape index (κ3) is 1.85. The molecule has 2 heterocycles. The Hall–Kier alpha value is -2.17. The Morgan fingerprint density at radius 2 is 2.13 bits per heavy atom. The van der Waals surface area contributed by atoms with Crippen LogP contribution in [0, 0.1) is 6.92 Å². The molecule has 5 nitrogen and oxygen atoms in total. The second-order valence-corrected chi connectivity index (χ2v) is 3.23. The van der Waals surface area contributed by atoms with Crippen molar-refractivity contribution in [3.05, 3.63) is 40.4 Å². The summed E-state index contributed by atoms with van der Waals surface area (Å²) in [7, 11) is 0. The van der Waals surface area contributed by atoms with Crippen LogP contribution in [0.1, 0.15) is 5.69 Å². The molecule has 3 N–H and O–H groups in total. The highest BCUT2D eigenvalue weighted by Gasteiger charge is 2.02. The van der Waals surface area contributed by atoms with Gasteiger partial charge in [-0.15, -0.1) is 0 Å². The Morgan fingerprint density at radius 3 is 2.73 bits per heavy atom. The molecule has 0 aliphatic carbocycles. The molecule has 0 saturated carbocycles. The van der Waals surface area contributed by atoms with Gasteiger partial charge in [0.2, 0.25) is 0 Å². The summed E-state index contributed by atoms with van der Waals surface area (Å²) in [5.74, 6) is 0. The number of rotatable bonds is 1. The van der Waals surface area contributed by atoms with Crippen LogP contribution in [0.3, 0.4) is 0 Å². The molecule has 5 heteroatoms. The van der Waals surface area contributed by atoms with Gasteiger partial charge in [-0.2, -0.15) is 10.2 Å². The van der Waals surface area contributed by atoms with Gasteiger partial charge in [0.25, 0.3) is 5.56 Å².